The number of halogens is 1. The van der Waals surface area contributed by atoms with Crippen LogP contribution in [0.3, 0.4) is 0 Å². The summed E-state index contributed by atoms with van der Waals surface area (Å²) < 4.78 is 19.0. The van der Waals surface area contributed by atoms with Crippen LogP contribution in [0.15, 0.2) is 18.5 Å². The van der Waals surface area contributed by atoms with Gasteiger partial charge in [-0.25, -0.2) is 4.39 Å². The molecule has 0 unspecified atom stereocenters. The molecule has 4 heteroatoms. The molecule has 1 aromatic rings. The lowest BCUT2D eigenvalue weighted by molar-refractivity contribution is -0.0249. The molecule has 0 radical (unpaired) electrons. The monoisotopic (exact) mass is 222 g/mol. The number of aromatic nitrogens is 1. The lowest BCUT2D eigenvalue weighted by atomic mass is 10.1. The van der Waals surface area contributed by atoms with Crippen molar-refractivity contribution in [3.05, 3.63) is 29.8 Å². The Morgan fingerprint density at radius 3 is 3.12 bits per heavy atom. The zero-order valence-corrected chi connectivity index (χ0v) is 9.16. The van der Waals surface area contributed by atoms with Gasteiger partial charge in [-0.05, 0) is 18.9 Å². The highest BCUT2D eigenvalue weighted by atomic mass is 19.1. The zero-order chi connectivity index (χ0) is 11.0. The van der Waals surface area contributed by atoms with Gasteiger partial charge in [0.2, 0.25) is 0 Å². The Morgan fingerprint density at radius 2 is 2.38 bits per heavy atom. The third kappa shape index (κ3) is 1.72. The molecule has 86 valence electrons. The van der Waals surface area contributed by atoms with E-state index < -0.39 is 0 Å². The van der Waals surface area contributed by atoms with E-state index in [2.05, 4.69) is 9.88 Å². The molecule has 0 N–H and O–H groups in total. The summed E-state index contributed by atoms with van der Waals surface area (Å²) in [5.74, 6) is -0.204. The number of ether oxygens (including phenoxy) is 1. The smallest absolute Gasteiger partial charge is 0.145 e. The molecule has 0 amide bonds. The van der Waals surface area contributed by atoms with E-state index in [1.807, 2.05) is 0 Å². The molecule has 1 saturated carbocycles. The molecule has 2 heterocycles. The maximum atomic E-state index is 13.5. The van der Waals surface area contributed by atoms with Crippen molar-refractivity contribution in [2.75, 3.05) is 19.8 Å². The minimum absolute atomic E-state index is 0.204. The van der Waals surface area contributed by atoms with Gasteiger partial charge in [0, 0.05) is 30.4 Å². The summed E-state index contributed by atoms with van der Waals surface area (Å²) in [5, 5.41) is 0. The molecule has 1 saturated heterocycles. The minimum atomic E-state index is -0.204. The maximum Gasteiger partial charge on any atom is 0.145 e. The second kappa shape index (κ2) is 3.79. The number of morpholine rings is 1. The zero-order valence-electron chi connectivity index (χ0n) is 9.16. The van der Waals surface area contributed by atoms with Gasteiger partial charge in [0.05, 0.1) is 19.4 Å². The van der Waals surface area contributed by atoms with Crippen LogP contribution in [0, 0.1) is 5.82 Å². The lowest BCUT2D eigenvalue weighted by Gasteiger charge is -2.36. The standard InChI is InChI=1S/C12H15FN2O/c13-11-7-14-4-1-10(11)8-15-5-6-16-9-12(15)2-3-12/h1,4,7H,2-3,5-6,8-9H2. The van der Waals surface area contributed by atoms with Crippen molar-refractivity contribution in [1.29, 1.82) is 0 Å². The van der Waals surface area contributed by atoms with Gasteiger partial charge in [-0.2, -0.15) is 0 Å². The molecule has 0 bridgehead atoms. The van der Waals surface area contributed by atoms with E-state index in [4.69, 9.17) is 4.74 Å². The van der Waals surface area contributed by atoms with Crippen molar-refractivity contribution < 1.29 is 9.13 Å². The number of rotatable bonds is 2. The highest BCUT2D eigenvalue weighted by Gasteiger charge is 2.49. The van der Waals surface area contributed by atoms with E-state index in [0.29, 0.717) is 6.54 Å². The van der Waals surface area contributed by atoms with E-state index in [1.54, 1.807) is 12.3 Å². The SMILES string of the molecule is Fc1cnccc1CN1CCOCC12CC2. The van der Waals surface area contributed by atoms with Crippen molar-refractivity contribution in [2.45, 2.75) is 24.9 Å². The molecule has 0 aromatic carbocycles. The van der Waals surface area contributed by atoms with Crippen molar-refractivity contribution in [1.82, 2.24) is 9.88 Å². The van der Waals surface area contributed by atoms with Crippen molar-refractivity contribution in [2.24, 2.45) is 0 Å². The van der Waals surface area contributed by atoms with Gasteiger partial charge in [-0.1, -0.05) is 0 Å². The average molecular weight is 222 g/mol. The number of pyridine rings is 1. The first-order valence-corrected chi connectivity index (χ1v) is 5.71. The predicted octanol–water partition coefficient (Wildman–Crippen LogP) is 1.59. The van der Waals surface area contributed by atoms with Crippen LogP contribution in [0.5, 0.6) is 0 Å². The first-order valence-electron chi connectivity index (χ1n) is 5.71. The Labute approximate surface area is 94.2 Å². The number of hydrogen-bond acceptors (Lipinski definition) is 3. The Balaban J connectivity index is 1.76. The second-order valence-electron chi connectivity index (χ2n) is 4.67. The summed E-state index contributed by atoms with van der Waals surface area (Å²) in [6.07, 6.45) is 5.30. The van der Waals surface area contributed by atoms with E-state index in [-0.39, 0.29) is 11.4 Å². The predicted molar refractivity (Wildman–Crippen MR) is 57.4 cm³/mol. The molecular weight excluding hydrogens is 207 g/mol. The third-order valence-corrected chi connectivity index (χ3v) is 3.59. The summed E-state index contributed by atoms with van der Waals surface area (Å²) >= 11 is 0. The van der Waals surface area contributed by atoms with Crippen molar-refractivity contribution in [3.63, 3.8) is 0 Å². The quantitative estimate of drug-likeness (QED) is 0.759. The van der Waals surface area contributed by atoms with Crippen LogP contribution in [0.4, 0.5) is 4.39 Å². The van der Waals surface area contributed by atoms with Gasteiger partial charge >= 0.3 is 0 Å². The summed E-state index contributed by atoms with van der Waals surface area (Å²) in [4.78, 5) is 6.13. The Morgan fingerprint density at radius 1 is 1.50 bits per heavy atom. The van der Waals surface area contributed by atoms with E-state index in [0.717, 1.165) is 25.3 Å². The second-order valence-corrected chi connectivity index (χ2v) is 4.67. The fourth-order valence-corrected chi connectivity index (χ4v) is 2.35. The molecule has 3 nitrogen and oxygen atoms in total. The van der Waals surface area contributed by atoms with Gasteiger partial charge in [-0.15, -0.1) is 0 Å². The molecule has 1 aliphatic carbocycles. The number of nitrogens with zero attached hydrogens (tertiary/aromatic N) is 2. The van der Waals surface area contributed by atoms with Gasteiger partial charge in [0.25, 0.3) is 0 Å². The largest absolute Gasteiger partial charge is 0.378 e. The van der Waals surface area contributed by atoms with E-state index in [9.17, 15) is 4.39 Å². The fourth-order valence-electron chi connectivity index (χ4n) is 2.35. The first kappa shape index (κ1) is 10.2. The van der Waals surface area contributed by atoms with Crippen LogP contribution in [0.25, 0.3) is 0 Å². The van der Waals surface area contributed by atoms with Crippen molar-refractivity contribution >= 4 is 0 Å². The van der Waals surface area contributed by atoms with Crippen molar-refractivity contribution in [3.8, 4) is 0 Å². The van der Waals surface area contributed by atoms with Crippen LogP contribution in [0.2, 0.25) is 0 Å². The van der Waals surface area contributed by atoms with E-state index in [1.165, 1.54) is 19.0 Å². The molecule has 1 aromatic heterocycles. The van der Waals surface area contributed by atoms with Crippen LogP contribution in [-0.4, -0.2) is 35.2 Å². The fraction of sp³-hybridized carbons (Fsp3) is 0.583. The van der Waals surface area contributed by atoms with Gasteiger partial charge in [-0.3, -0.25) is 9.88 Å². The molecule has 1 aliphatic heterocycles. The van der Waals surface area contributed by atoms with Crippen LogP contribution < -0.4 is 0 Å². The van der Waals surface area contributed by atoms with Crippen LogP contribution in [-0.2, 0) is 11.3 Å². The molecule has 3 rings (SSSR count). The average Bonchev–Trinajstić information content (AvgIpc) is 3.06. The highest BCUT2D eigenvalue weighted by molar-refractivity contribution is 5.15. The summed E-state index contributed by atoms with van der Waals surface area (Å²) in [7, 11) is 0. The molecule has 2 aliphatic rings. The third-order valence-electron chi connectivity index (χ3n) is 3.59. The Bertz CT molecular complexity index is 392. The normalized spacial score (nSPS) is 23.6. The minimum Gasteiger partial charge on any atom is -0.378 e. The van der Waals surface area contributed by atoms with Gasteiger partial charge in [0.15, 0.2) is 0 Å². The molecule has 0 atom stereocenters. The molecule has 2 fully saturated rings. The summed E-state index contributed by atoms with van der Waals surface area (Å²) in [6, 6.07) is 1.76. The lowest BCUT2D eigenvalue weighted by Crippen LogP contribution is -2.46. The summed E-state index contributed by atoms with van der Waals surface area (Å²) in [5.41, 5.74) is 0.955. The topological polar surface area (TPSA) is 25.4 Å². The van der Waals surface area contributed by atoms with Crippen LogP contribution >= 0.6 is 0 Å². The number of hydrogen-bond donors (Lipinski definition) is 0. The Hall–Kier alpha value is -1.00. The highest BCUT2D eigenvalue weighted by Crippen LogP contribution is 2.44. The molecule has 1 spiro atoms. The maximum absolute atomic E-state index is 13.5. The summed E-state index contributed by atoms with van der Waals surface area (Å²) in [6.45, 7) is 3.15. The molecule has 16 heavy (non-hydrogen) atoms. The van der Waals surface area contributed by atoms with E-state index >= 15 is 0 Å². The first-order chi connectivity index (χ1) is 7.80. The van der Waals surface area contributed by atoms with Gasteiger partial charge in [0.1, 0.15) is 5.82 Å². The molecular formula is C12H15FN2O. The van der Waals surface area contributed by atoms with Crippen LogP contribution in [0.1, 0.15) is 18.4 Å². The van der Waals surface area contributed by atoms with Gasteiger partial charge < -0.3 is 4.74 Å². The Kier molecular flexibility index (Phi) is 2.41.